The smallest absolute Gasteiger partial charge is 0.0558 e. The zero-order valence-corrected chi connectivity index (χ0v) is 11.3. The third kappa shape index (κ3) is 5.83. The molecule has 0 spiro atoms. The van der Waals surface area contributed by atoms with Gasteiger partial charge in [-0.15, -0.1) is 0 Å². The van der Waals surface area contributed by atoms with Gasteiger partial charge in [0.05, 0.1) is 6.61 Å². The van der Waals surface area contributed by atoms with Gasteiger partial charge in [-0.05, 0) is 46.1 Å². The van der Waals surface area contributed by atoms with Gasteiger partial charge in [-0.1, -0.05) is 6.92 Å². The van der Waals surface area contributed by atoms with E-state index in [0.717, 1.165) is 25.7 Å². The minimum absolute atomic E-state index is 0.204. The summed E-state index contributed by atoms with van der Waals surface area (Å²) >= 11 is 0. The van der Waals surface area contributed by atoms with Crippen molar-refractivity contribution in [3.8, 4) is 0 Å². The van der Waals surface area contributed by atoms with E-state index in [2.05, 4.69) is 37.9 Å². The number of aliphatic hydroxyl groups excluding tert-OH is 1. The molecule has 1 unspecified atom stereocenters. The van der Waals surface area contributed by atoms with Gasteiger partial charge in [0, 0.05) is 24.7 Å². The number of aliphatic hydroxyl groups is 1. The van der Waals surface area contributed by atoms with Crippen LogP contribution in [-0.4, -0.2) is 47.8 Å². The molecule has 96 valence electrons. The molecule has 1 aliphatic carbocycles. The maximum Gasteiger partial charge on any atom is 0.0558 e. The Hall–Kier alpha value is -0.120. The lowest BCUT2D eigenvalue weighted by Crippen LogP contribution is -2.42. The number of nitrogens with one attached hydrogen (secondary N) is 1. The van der Waals surface area contributed by atoms with Crippen molar-refractivity contribution in [3.63, 3.8) is 0 Å². The molecular weight excluding hydrogens is 200 g/mol. The zero-order valence-electron chi connectivity index (χ0n) is 11.3. The minimum Gasteiger partial charge on any atom is -0.395 e. The Kier molecular flexibility index (Phi) is 5.22. The molecule has 0 amide bonds. The molecule has 0 aromatic carbocycles. The van der Waals surface area contributed by atoms with Crippen LogP contribution in [0.5, 0.6) is 0 Å². The van der Waals surface area contributed by atoms with Gasteiger partial charge in [0.1, 0.15) is 0 Å². The van der Waals surface area contributed by atoms with Crippen LogP contribution >= 0.6 is 0 Å². The molecule has 1 saturated carbocycles. The fourth-order valence-electron chi connectivity index (χ4n) is 1.94. The van der Waals surface area contributed by atoms with Gasteiger partial charge in [0.25, 0.3) is 0 Å². The number of hydrogen-bond acceptors (Lipinski definition) is 3. The Bertz CT molecular complexity index is 197. The monoisotopic (exact) mass is 228 g/mol. The first-order chi connectivity index (χ1) is 7.42. The molecule has 0 saturated heterocycles. The molecule has 2 N–H and O–H groups in total. The molecule has 0 bridgehead atoms. The van der Waals surface area contributed by atoms with E-state index in [1.807, 2.05) is 0 Å². The quantitative estimate of drug-likeness (QED) is 0.692. The molecule has 0 aromatic rings. The molecule has 0 radical (unpaired) electrons. The summed E-state index contributed by atoms with van der Waals surface area (Å²) in [7, 11) is 0. The third-order valence-corrected chi connectivity index (χ3v) is 2.98. The SMILES string of the molecule is CC(CNC(C)(C)C)CN(CCO)C1CC1. The summed E-state index contributed by atoms with van der Waals surface area (Å²) < 4.78 is 0. The standard InChI is InChI=1S/C13H28N2O/c1-11(9-14-13(2,3)4)10-15(7-8-16)12-5-6-12/h11-12,14,16H,5-10H2,1-4H3. The average Bonchev–Trinajstić information content (AvgIpc) is 2.96. The van der Waals surface area contributed by atoms with Crippen LogP contribution in [0, 0.1) is 5.92 Å². The second-order valence-electron chi connectivity index (χ2n) is 6.19. The molecule has 3 heteroatoms. The van der Waals surface area contributed by atoms with Crippen molar-refractivity contribution in [3.05, 3.63) is 0 Å². The Balaban J connectivity index is 2.22. The molecule has 1 fully saturated rings. The highest BCUT2D eigenvalue weighted by molar-refractivity contribution is 4.85. The lowest BCUT2D eigenvalue weighted by Gasteiger charge is -2.28. The van der Waals surface area contributed by atoms with Crippen LogP contribution in [0.4, 0.5) is 0 Å². The van der Waals surface area contributed by atoms with Crippen molar-refractivity contribution in [2.24, 2.45) is 5.92 Å². The van der Waals surface area contributed by atoms with Crippen LogP contribution in [0.15, 0.2) is 0 Å². The summed E-state index contributed by atoms with van der Waals surface area (Å²) in [6.45, 7) is 12.2. The van der Waals surface area contributed by atoms with E-state index >= 15 is 0 Å². The van der Waals surface area contributed by atoms with Crippen molar-refractivity contribution in [1.82, 2.24) is 10.2 Å². The molecule has 0 aromatic heterocycles. The summed E-state index contributed by atoms with van der Waals surface area (Å²) in [5.41, 5.74) is 0.204. The van der Waals surface area contributed by atoms with Crippen molar-refractivity contribution < 1.29 is 5.11 Å². The van der Waals surface area contributed by atoms with Gasteiger partial charge in [-0.25, -0.2) is 0 Å². The van der Waals surface area contributed by atoms with Crippen LogP contribution < -0.4 is 5.32 Å². The molecule has 16 heavy (non-hydrogen) atoms. The summed E-state index contributed by atoms with van der Waals surface area (Å²) in [6.07, 6.45) is 2.64. The van der Waals surface area contributed by atoms with Crippen LogP contribution in [0.1, 0.15) is 40.5 Å². The van der Waals surface area contributed by atoms with Gasteiger partial charge in [-0.3, -0.25) is 4.90 Å². The van der Waals surface area contributed by atoms with Gasteiger partial charge in [0.2, 0.25) is 0 Å². The predicted octanol–water partition coefficient (Wildman–Crippen LogP) is 1.47. The fraction of sp³-hybridized carbons (Fsp3) is 1.00. The van der Waals surface area contributed by atoms with Gasteiger partial charge >= 0.3 is 0 Å². The highest BCUT2D eigenvalue weighted by atomic mass is 16.3. The second kappa shape index (κ2) is 5.99. The van der Waals surface area contributed by atoms with Crippen molar-refractivity contribution in [1.29, 1.82) is 0 Å². The second-order valence-corrected chi connectivity index (χ2v) is 6.19. The van der Waals surface area contributed by atoms with Gasteiger partial charge in [-0.2, -0.15) is 0 Å². The van der Waals surface area contributed by atoms with E-state index < -0.39 is 0 Å². The van der Waals surface area contributed by atoms with Crippen LogP contribution in [-0.2, 0) is 0 Å². The Morgan fingerprint density at radius 3 is 2.44 bits per heavy atom. The van der Waals surface area contributed by atoms with Crippen LogP contribution in [0.2, 0.25) is 0 Å². The van der Waals surface area contributed by atoms with E-state index in [4.69, 9.17) is 5.11 Å². The summed E-state index contributed by atoms with van der Waals surface area (Å²) in [5.74, 6) is 0.645. The minimum atomic E-state index is 0.204. The topological polar surface area (TPSA) is 35.5 Å². The molecule has 1 aliphatic rings. The number of nitrogens with zero attached hydrogens (tertiary/aromatic N) is 1. The maximum atomic E-state index is 9.03. The number of hydrogen-bond donors (Lipinski definition) is 2. The summed E-state index contributed by atoms with van der Waals surface area (Å²) in [6, 6.07) is 0.754. The van der Waals surface area contributed by atoms with Crippen LogP contribution in [0.25, 0.3) is 0 Å². The van der Waals surface area contributed by atoms with E-state index in [-0.39, 0.29) is 12.1 Å². The van der Waals surface area contributed by atoms with E-state index in [1.54, 1.807) is 0 Å². The Morgan fingerprint density at radius 1 is 1.38 bits per heavy atom. The molecule has 0 heterocycles. The first-order valence-corrected chi connectivity index (χ1v) is 6.52. The van der Waals surface area contributed by atoms with E-state index in [0.29, 0.717) is 5.92 Å². The average molecular weight is 228 g/mol. The summed E-state index contributed by atoms with van der Waals surface area (Å²) in [5, 5.41) is 12.6. The van der Waals surface area contributed by atoms with Gasteiger partial charge in [0.15, 0.2) is 0 Å². The van der Waals surface area contributed by atoms with Gasteiger partial charge < -0.3 is 10.4 Å². The van der Waals surface area contributed by atoms with Crippen molar-refractivity contribution in [2.75, 3.05) is 26.2 Å². The molecule has 1 atom stereocenters. The lowest BCUT2D eigenvalue weighted by molar-refractivity contribution is 0.168. The highest BCUT2D eigenvalue weighted by Crippen LogP contribution is 2.27. The maximum absolute atomic E-state index is 9.03. The predicted molar refractivity (Wildman–Crippen MR) is 68.6 cm³/mol. The van der Waals surface area contributed by atoms with Crippen molar-refractivity contribution in [2.45, 2.75) is 52.1 Å². The third-order valence-electron chi connectivity index (χ3n) is 2.98. The number of rotatable bonds is 7. The molecule has 0 aliphatic heterocycles. The first-order valence-electron chi connectivity index (χ1n) is 6.52. The summed E-state index contributed by atoms with van der Waals surface area (Å²) in [4.78, 5) is 2.44. The zero-order chi connectivity index (χ0) is 12.2. The Labute approximate surface area is 100 Å². The van der Waals surface area contributed by atoms with Crippen LogP contribution in [0.3, 0.4) is 0 Å². The van der Waals surface area contributed by atoms with E-state index in [9.17, 15) is 0 Å². The Morgan fingerprint density at radius 2 is 2.00 bits per heavy atom. The first kappa shape index (κ1) is 13.9. The molecule has 3 nitrogen and oxygen atoms in total. The fourth-order valence-corrected chi connectivity index (χ4v) is 1.94. The largest absolute Gasteiger partial charge is 0.395 e. The lowest BCUT2D eigenvalue weighted by atomic mass is 10.1. The normalized spacial score (nSPS) is 19.1. The molecular formula is C13H28N2O. The van der Waals surface area contributed by atoms with E-state index in [1.165, 1.54) is 12.8 Å². The molecule has 1 rings (SSSR count). The highest BCUT2D eigenvalue weighted by Gasteiger charge is 2.29. The van der Waals surface area contributed by atoms with Crippen molar-refractivity contribution >= 4 is 0 Å².